The first kappa shape index (κ1) is 15.6. The van der Waals surface area contributed by atoms with Gasteiger partial charge in [0, 0.05) is 25.7 Å². The predicted octanol–water partition coefficient (Wildman–Crippen LogP) is 3.33. The van der Waals surface area contributed by atoms with Gasteiger partial charge in [-0.05, 0) is 36.0 Å². The minimum atomic E-state index is 0.239. The molecular weight excluding hydrogens is 272 g/mol. The van der Waals surface area contributed by atoms with Crippen LogP contribution in [0.4, 0.5) is 0 Å². The summed E-state index contributed by atoms with van der Waals surface area (Å²) in [7, 11) is 1.63. The van der Waals surface area contributed by atoms with Crippen molar-refractivity contribution in [1.29, 1.82) is 0 Å². The van der Waals surface area contributed by atoms with Gasteiger partial charge in [-0.2, -0.15) is 0 Å². The highest BCUT2D eigenvalue weighted by molar-refractivity contribution is 6.32. The molecule has 1 saturated heterocycles. The molecule has 0 amide bonds. The molecule has 0 spiro atoms. The van der Waals surface area contributed by atoms with E-state index in [2.05, 4.69) is 24.8 Å². The second kappa shape index (κ2) is 6.79. The monoisotopic (exact) mass is 296 g/mol. The highest BCUT2D eigenvalue weighted by atomic mass is 35.5. The van der Waals surface area contributed by atoms with Gasteiger partial charge in [0.1, 0.15) is 5.75 Å². The molecule has 3 nitrogen and oxygen atoms in total. The van der Waals surface area contributed by atoms with Crippen LogP contribution in [0.3, 0.4) is 0 Å². The van der Waals surface area contributed by atoms with Crippen LogP contribution < -0.4 is 10.5 Å². The maximum atomic E-state index is 6.24. The molecule has 0 aliphatic carbocycles. The second-order valence-corrected chi connectivity index (χ2v) is 6.45. The van der Waals surface area contributed by atoms with E-state index in [-0.39, 0.29) is 6.04 Å². The van der Waals surface area contributed by atoms with Crippen LogP contribution in [0.1, 0.15) is 31.9 Å². The van der Waals surface area contributed by atoms with Crippen LogP contribution in [0.5, 0.6) is 5.75 Å². The third-order valence-electron chi connectivity index (χ3n) is 4.12. The smallest absolute Gasteiger partial charge is 0.137 e. The third-order valence-corrected chi connectivity index (χ3v) is 4.42. The van der Waals surface area contributed by atoms with Gasteiger partial charge in [-0.15, -0.1) is 0 Å². The van der Waals surface area contributed by atoms with Gasteiger partial charge < -0.3 is 10.5 Å². The largest absolute Gasteiger partial charge is 0.495 e. The molecule has 1 heterocycles. The van der Waals surface area contributed by atoms with Crippen LogP contribution >= 0.6 is 11.6 Å². The van der Waals surface area contributed by atoms with Gasteiger partial charge >= 0.3 is 0 Å². The minimum Gasteiger partial charge on any atom is -0.495 e. The Morgan fingerprint density at radius 3 is 2.50 bits per heavy atom. The molecule has 0 radical (unpaired) electrons. The van der Waals surface area contributed by atoms with E-state index in [4.69, 9.17) is 22.1 Å². The molecule has 3 atom stereocenters. The summed E-state index contributed by atoms with van der Waals surface area (Å²) in [6, 6.07) is 6.23. The Kier molecular flexibility index (Phi) is 5.30. The molecule has 1 aliphatic rings. The lowest BCUT2D eigenvalue weighted by atomic mass is 9.89. The maximum Gasteiger partial charge on any atom is 0.137 e. The average Bonchev–Trinajstić information content (AvgIpc) is 2.38. The first-order valence-corrected chi connectivity index (χ1v) is 7.70. The summed E-state index contributed by atoms with van der Waals surface area (Å²) in [5.74, 6) is 2.16. The van der Waals surface area contributed by atoms with Gasteiger partial charge in [0.05, 0.1) is 12.1 Å². The van der Waals surface area contributed by atoms with E-state index < -0.39 is 0 Å². The Bertz CT molecular complexity index is 442. The van der Waals surface area contributed by atoms with E-state index in [1.165, 1.54) is 12.0 Å². The van der Waals surface area contributed by atoms with Crippen molar-refractivity contribution in [3.63, 3.8) is 0 Å². The van der Waals surface area contributed by atoms with Crippen molar-refractivity contribution in [1.82, 2.24) is 4.90 Å². The Morgan fingerprint density at radius 1 is 1.35 bits per heavy atom. The molecule has 2 N–H and O–H groups in total. The van der Waals surface area contributed by atoms with Gasteiger partial charge in [-0.25, -0.2) is 0 Å². The molecular formula is C16H25ClN2O. The van der Waals surface area contributed by atoms with Crippen LogP contribution in [0, 0.1) is 11.8 Å². The Labute approximate surface area is 127 Å². The average molecular weight is 297 g/mol. The van der Waals surface area contributed by atoms with Crippen LogP contribution in [-0.2, 0) is 0 Å². The van der Waals surface area contributed by atoms with E-state index in [1.807, 2.05) is 12.1 Å². The van der Waals surface area contributed by atoms with Crippen LogP contribution in [-0.4, -0.2) is 31.6 Å². The molecule has 20 heavy (non-hydrogen) atoms. The fourth-order valence-corrected chi connectivity index (χ4v) is 3.62. The molecule has 112 valence electrons. The number of likely N-dealkylation sites (tertiary alicyclic amines) is 1. The molecule has 0 bridgehead atoms. The lowest BCUT2D eigenvalue weighted by Gasteiger charge is -2.40. The van der Waals surface area contributed by atoms with Gasteiger partial charge in [-0.3, -0.25) is 4.90 Å². The summed E-state index contributed by atoms with van der Waals surface area (Å²) < 4.78 is 5.22. The van der Waals surface area contributed by atoms with Crippen molar-refractivity contribution in [3.8, 4) is 5.75 Å². The first-order chi connectivity index (χ1) is 9.55. The zero-order chi connectivity index (χ0) is 14.7. The first-order valence-electron chi connectivity index (χ1n) is 7.32. The van der Waals surface area contributed by atoms with E-state index in [1.54, 1.807) is 7.11 Å². The van der Waals surface area contributed by atoms with Gasteiger partial charge in [0.25, 0.3) is 0 Å². The number of hydrogen-bond donors (Lipinski definition) is 1. The number of hydrogen-bond acceptors (Lipinski definition) is 3. The molecule has 1 aliphatic heterocycles. The van der Waals surface area contributed by atoms with Crippen molar-refractivity contribution in [2.45, 2.75) is 26.3 Å². The van der Waals surface area contributed by atoms with Crippen molar-refractivity contribution >= 4 is 11.6 Å². The number of benzene rings is 1. The van der Waals surface area contributed by atoms with Crippen molar-refractivity contribution in [2.75, 3.05) is 26.7 Å². The van der Waals surface area contributed by atoms with Crippen LogP contribution in [0.25, 0.3) is 0 Å². The number of nitrogens with two attached hydrogens (primary N) is 1. The molecule has 1 aromatic rings. The lowest BCUT2D eigenvalue weighted by molar-refractivity contribution is 0.0984. The number of ether oxygens (including phenoxy) is 1. The van der Waals surface area contributed by atoms with Gasteiger partial charge in [-0.1, -0.05) is 31.5 Å². The van der Waals surface area contributed by atoms with Crippen molar-refractivity contribution in [2.24, 2.45) is 17.6 Å². The lowest BCUT2D eigenvalue weighted by Crippen LogP contribution is -2.43. The zero-order valence-electron chi connectivity index (χ0n) is 12.6. The molecule has 1 fully saturated rings. The van der Waals surface area contributed by atoms with Gasteiger partial charge in [0.2, 0.25) is 0 Å². The molecule has 1 aromatic carbocycles. The number of nitrogens with zero attached hydrogens (tertiary/aromatic N) is 1. The Balaban J connectivity index is 2.21. The number of rotatable bonds is 4. The fourth-order valence-electron chi connectivity index (χ4n) is 3.35. The second-order valence-electron chi connectivity index (χ2n) is 6.05. The predicted molar refractivity (Wildman–Crippen MR) is 84.3 cm³/mol. The summed E-state index contributed by atoms with van der Waals surface area (Å²) in [5, 5.41) is 0.654. The molecule has 3 unspecified atom stereocenters. The summed E-state index contributed by atoms with van der Waals surface area (Å²) in [5.41, 5.74) is 7.21. The van der Waals surface area contributed by atoms with E-state index in [0.29, 0.717) is 17.3 Å². The van der Waals surface area contributed by atoms with E-state index >= 15 is 0 Å². The standard InChI is InChI=1S/C16H25ClN2O/c1-11-6-12(2)10-19(9-11)15(8-18)13-4-5-16(20-3)14(17)7-13/h4-5,7,11-12,15H,6,8-10,18H2,1-3H3. The van der Waals surface area contributed by atoms with Crippen molar-refractivity contribution < 1.29 is 4.74 Å². The Morgan fingerprint density at radius 2 is 2.00 bits per heavy atom. The van der Waals surface area contributed by atoms with Crippen LogP contribution in [0.15, 0.2) is 18.2 Å². The molecule has 0 aromatic heterocycles. The SMILES string of the molecule is COc1ccc(C(CN)N2CC(C)CC(C)C2)cc1Cl. The maximum absolute atomic E-state index is 6.24. The summed E-state index contributed by atoms with van der Waals surface area (Å²) >= 11 is 6.24. The van der Waals surface area contributed by atoms with Crippen LogP contribution in [0.2, 0.25) is 5.02 Å². The quantitative estimate of drug-likeness (QED) is 0.926. The third kappa shape index (κ3) is 3.46. The summed E-state index contributed by atoms with van der Waals surface area (Å²) in [6.07, 6.45) is 1.30. The summed E-state index contributed by atoms with van der Waals surface area (Å²) in [6.45, 7) is 7.46. The highest BCUT2D eigenvalue weighted by Gasteiger charge is 2.27. The highest BCUT2D eigenvalue weighted by Crippen LogP contribution is 2.32. The fraction of sp³-hybridized carbons (Fsp3) is 0.625. The van der Waals surface area contributed by atoms with Gasteiger partial charge in [0.15, 0.2) is 0 Å². The summed E-state index contributed by atoms with van der Waals surface area (Å²) in [4.78, 5) is 2.50. The van der Waals surface area contributed by atoms with Crippen molar-refractivity contribution in [3.05, 3.63) is 28.8 Å². The van der Waals surface area contributed by atoms with E-state index in [9.17, 15) is 0 Å². The molecule has 0 saturated carbocycles. The van der Waals surface area contributed by atoms with E-state index in [0.717, 1.165) is 24.9 Å². The normalized spacial score (nSPS) is 25.4. The number of halogens is 1. The Hall–Kier alpha value is -0.770. The number of methoxy groups -OCH3 is 1. The number of piperidine rings is 1. The molecule has 2 rings (SSSR count). The zero-order valence-corrected chi connectivity index (χ0v) is 13.4. The minimum absolute atomic E-state index is 0.239. The topological polar surface area (TPSA) is 38.5 Å². The molecule has 4 heteroatoms.